The van der Waals surface area contributed by atoms with Crippen molar-refractivity contribution < 1.29 is 28.7 Å². The second-order valence-corrected chi connectivity index (χ2v) is 7.61. The van der Waals surface area contributed by atoms with Crippen molar-refractivity contribution in [1.29, 1.82) is 0 Å². The fourth-order valence-corrected chi connectivity index (χ4v) is 2.79. The van der Waals surface area contributed by atoms with Crippen molar-refractivity contribution in [3.63, 3.8) is 0 Å². The maximum atomic E-state index is 12.4. The van der Waals surface area contributed by atoms with Gasteiger partial charge in [0, 0.05) is 30.8 Å². The monoisotopic (exact) mass is 456 g/mol. The number of hydrogen-bond donors (Lipinski definition) is 3. The zero-order valence-corrected chi connectivity index (χ0v) is 18.8. The lowest BCUT2D eigenvalue weighted by molar-refractivity contribution is -0.137. The van der Waals surface area contributed by atoms with Crippen molar-refractivity contribution in [3.8, 4) is 0 Å². The summed E-state index contributed by atoms with van der Waals surface area (Å²) in [6.07, 6.45) is 2.13. The van der Waals surface area contributed by atoms with Gasteiger partial charge in [0.15, 0.2) is 0 Å². The van der Waals surface area contributed by atoms with Gasteiger partial charge in [-0.3, -0.25) is 28.9 Å². The van der Waals surface area contributed by atoms with Crippen molar-refractivity contribution in [1.82, 2.24) is 15.5 Å². The molecule has 10 heteroatoms. The van der Waals surface area contributed by atoms with E-state index >= 15 is 0 Å². The van der Waals surface area contributed by atoms with Gasteiger partial charge in [0.1, 0.15) is 18.7 Å². The van der Waals surface area contributed by atoms with Gasteiger partial charge in [-0.25, -0.2) is 0 Å². The maximum Gasteiger partial charge on any atom is 0.253 e. The highest BCUT2D eigenvalue weighted by atomic mass is 16.5. The van der Waals surface area contributed by atoms with Crippen LogP contribution in [0.3, 0.4) is 0 Å². The van der Waals surface area contributed by atoms with Gasteiger partial charge in [-0.1, -0.05) is 18.7 Å². The highest BCUT2D eigenvalue weighted by Crippen LogP contribution is 2.12. The SMILES string of the molecule is C=C(C)OCc1ccc(NC(=O)[C@H](C)NC(=O)[C@H](C)NC(=O)CCN2C(=O)C=CC2=O)cc1. The van der Waals surface area contributed by atoms with Crippen molar-refractivity contribution in [2.75, 3.05) is 11.9 Å². The highest BCUT2D eigenvalue weighted by Gasteiger charge is 2.25. The summed E-state index contributed by atoms with van der Waals surface area (Å²) < 4.78 is 5.34. The van der Waals surface area contributed by atoms with Crippen LogP contribution in [0.15, 0.2) is 48.8 Å². The number of hydrogen-bond acceptors (Lipinski definition) is 6. The Morgan fingerprint density at radius 1 is 0.970 bits per heavy atom. The third-order valence-corrected chi connectivity index (χ3v) is 4.69. The molecule has 3 N–H and O–H groups in total. The van der Waals surface area contributed by atoms with Crippen molar-refractivity contribution in [2.24, 2.45) is 0 Å². The van der Waals surface area contributed by atoms with Crippen LogP contribution in [0.2, 0.25) is 0 Å². The largest absolute Gasteiger partial charge is 0.494 e. The van der Waals surface area contributed by atoms with Crippen molar-refractivity contribution in [3.05, 3.63) is 54.3 Å². The van der Waals surface area contributed by atoms with Gasteiger partial charge < -0.3 is 20.7 Å². The maximum absolute atomic E-state index is 12.4. The summed E-state index contributed by atoms with van der Waals surface area (Å²) in [6.45, 7) is 8.71. The molecule has 33 heavy (non-hydrogen) atoms. The van der Waals surface area contributed by atoms with Gasteiger partial charge in [-0.15, -0.1) is 0 Å². The molecule has 0 saturated heterocycles. The first-order valence-electron chi connectivity index (χ1n) is 10.4. The van der Waals surface area contributed by atoms with E-state index in [2.05, 4.69) is 22.5 Å². The van der Waals surface area contributed by atoms with E-state index in [9.17, 15) is 24.0 Å². The smallest absolute Gasteiger partial charge is 0.253 e. The lowest BCUT2D eigenvalue weighted by Gasteiger charge is -2.19. The molecule has 0 bridgehead atoms. The predicted molar refractivity (Wildman–Crippen MR) is 120 cm³/mol. The van der Waals surface area contributed by atoms with Crippen molar-refractivity contribution in [2.45, 2.75) is 45.9 Å². The number of nitrogens with zero attached hydrogens (tertiary/aromatic N) is 1. The molecular formula is C23H28N4O6. The Morgan fingerprint density at radius 2 is 1.55 bits per heavy atom. The summed E-state index contributed by atoms with van der Waals surface area (Å²) in [6, 6.07) is 5.28. The fraction of sp³-hybridized carbons (Fsp3) is 0.348. The Balaban J connectivity index is 1.75. The fourth-order valence-electron chi connectivity index (χ4n) is 2.79. The van der Waals surface area contributed by atoms with Gasteiger partial charge in [0.25, 0.3) is 11.8 Å². The van der Waals surface area contributed by atoms with E-state index in [4.69, 9.17) is 4.74 Å². The molecule has 1 aromatic carbocycles. The molecule has 0 spiro atoms. The van der Waals surface area contributed by atoms with Crippen LogP contribution in [0, 0.1) is 0 Å². The molecular weight excluding hydrogens is 428 g/mol. The number of allylic oxidation sites excluding steroid dienone is 1. The van der Waals surface area contributed by atoms with Gasteiger partial charge in [-0.2, -0.15) is 0 Å². The minimum atomic E-state index is -0.913. The van der Waals surface area contributed by atoms with Crippen LogP contribution >= 0.6 is 0 Å². The summed E-state index contributed by atoms with van der Waals surface area (Å²) in [5, 5.41) is 7.72. The second kappa shape index (κ2) is 11.6. The lowest BCUT2D eigenvalue weighted by atomic mass is 10.2. The van der Waals surface area contributed by atoms with E-state index in [0.29, 0.717) is 18.1 Å². The standard InChI is InChI=1S/C23H28N4O6/c1-14(2)33-13-17-5-7-18(8-6-17)26-23(32)16(4)25-22(31)15(3)24-19(28)11-12-27-20(29)9-10-21(27)30/h5-10,15-16H,1,11-13H2,2-4H3,(H,24,28)(H,25,31)(H,26,32)/t15-,16-/m0/s1. The molecule has 1 aromatic rings. The molecule has 0 fully saturated rings. The Morgan fingerprint density at radius 3 is 2.12 bits per heavy atom. The van der Waals surface area contributed by atoms with Crippen LogP contribution in [-0.2, 0) is 35.3 Å². The first kappa shape index (κ1) is 25.3. The molecule has 0 unspecified atom stereocenters. The molecule has 10 nitrogen and oxygen atoms in total. The molecule has 1 heterocycles. The first-order chi connectivity index (χ1) is 15.6. The van der Waals surface area contributed by atoms with Gasteiger partial charge in [0.05, 0.1) is 5.76 Å². The zero-order valence-electron chi connectivity index (χ0n) is 18.8. The number of rotatable bonds is 11. The number of carbonyl (C=O) groups is 5. The summed E-state index contributed by atoms with van der Waals surface area (Å²) in [5.41, 5.74) is 1.47. The predicted octanol–water partition coefficient (Wildman–Crippen LogP) is 1.000. The van der Waals surface area contributed by atoms with Crippen LogP contribution in [-0.4, -0.2) is 53.1 Å². The molecule has 2 rings (SSSR count). The van der Waals surface area contributed by atoms with E-state index in [-0.39, 0.29) is 13.0 Å². The minimum absolute atomic E-state index is 0.0816. The molecule has 1 aliphatic heterocycles. The summed E-state index contributed by atoms with van der Waals surface area (Å²) in [7, 11) is 0. The second-order valence-electron chi connectivity index (χ2n) is 7.61. The molecule has 0 saturated carbocycles. The topological polar surface area (TPSA) is 134 Å². The van der Waals surface area contributed by atoms with Crippen molar-refractivity contribution >= 4 is 35.2 Å². The zero-order chi connectivity index (χ0) is 24.5. The molecule has 176 valence electrons. The van der Waals surface area contributed by atoms with Crippen LogP contribution in [0.1, 0.15) is 32.8 Å². The first-order valence-corrected chi connectivity index (χ1v) is 10.4. The Kier molecular flexibility index (Phi) is 8.90. The average molecular weight is 456 g/mol. The molecule has 2 atom stereocenters. The van der Waals surface area contributed by atoms with E-state index < -0.39 is 41.6 Å². The number of imide groups is 1. The van der Waals surface area contributed by atoms with E-state index in [1.54, 1.807) is 31.2 Å². The average Bonchev–Trinajstić information content (AvgIpc) is 3.08. The van der Waals surface area contributed by atoms with Crippen LogP contribution in [0.5, 0.6) is 0 Å². The van der Waals surface area contributed by atoms with Gasteiger partial charge >= 0.3 is 0 Å². The molecule has 0 aliphatic carbocycles. The molecule has 0 radical (unpaired) electrons. The molecule has 5 amide bonds. The van der Waals surface area contributed by atoms with E-state index in [1.807, 2.05) is 0 Å². The van der Waals surface area contributed by atoms with Crippen LogP contribution in [0.4, 0.5) is 5.69 Å². The van der Waals surface area contributed by atoms with Gasteiger partial charge in [0.2, 0.25) is 17.7 Å². The normalized spacial score (nSPS) is 14.5. The molecule has 0 aromatic heterocycles. The van der Waals surface area contributed by atoms with E-state index in [0.717, 1.165) is 22.6 Å². The van der Waals surface area contributed by atoms with E-state index in [1.165, 1.54) is 13.8 Å². The van der Waals surface area contributed by atoms with Crippen LogP contribution in [0.25, 0.3) is 0 Å². The number of benzene rings is 1. The quantitative estimate of drug-likeness (QED) is 0.336. The van der Waals surface area contributed by atoms with Crippen LogP contribution < -0.4 is 16.0 Å². The summed E-state index contributed by atoms with van der Waals surface area (Å²) in [5.74, 6) is -1.82. The number of amides is 5. The summed E-state index contributed by atoms with van der Waals surface area (Å²) >= 11 is 0. The Labute approximate surface area is 192 Å². The number of carbonyl (C=O) groups excluding carboxylic acids is 5. The Hall–Kier alpha value is -3.95. The molecule has 1 aliphatic rings. The third kappa shape index (κ3) is 7.91. The number of ether oxygens (including phenoxy) is 1. The number of nitrogens with one attached hydrogen (secondary N) is 3. The highest BCUT2D eigenvalue weighted by molar-refractivity contribution is 6.13. The Bertz CT molecular complexity index is 952. The van der Waals surface area contributed by atoms with Gasteiger partial charge in [-0.05, 0) is 38.5 Å². The third-order valence-electron chi connectivity index (χ3n) is 4.69. The lowest BCUT2D eigenvalue weighted by Crippen LogP contribution is -2.50. The summed E-state index contributed by atoms with van der Waals surface area (Å²) in [4.78, 5) is 60.7. The minimum Gasteiger partial charge on any atom is -0.494 e. The number of anilines is 1.